The summed E-state index contributed by atoms with van der Waals surface area (Å²) >= 11 is 0. The zero-order chi connectivity index (χ0) is 18.4. The lowest BCUT2D eigenvalue weighted by atomic mass is 9.83. The van der Waals surface area contributed by atoms with Gasteiger partial charge in [0.05, 0.1) is 12.3 Å². The maximum absolute atomic E-state index is 12.6. The van der Waals surface area contributed by atoms with Gasteiger partial charge in [-0.05, 0) is 38.5 Å². The summed E-state index contributed by atoms with van der Waals surface area (Å²) in [5, 5.41) is 3.24. The molecule has 1 saturated heterocycles. The summed E-state index contributed by atoms with van der Waals surface area (Å²) < 4.78 is 5.80. The van der Waals surface area contributed by atoms with E-state index in [1.54, 1.807) is 18.6 Å². The van der Waals surface area contributed by atoms with E-state index in [-0.39, 0.29) is 30.0 Å². The van der Waals surface area contributed by atoms with Crippen LogP contribution >= 0.6 is 0 Å². The second-order valence-corrected chi connectivity index (χ2v) is 7.42. The molecule has 1 saturated carbocycles. The van der Waals surface area contributed by atoms with Crippen molar-refractivity contribution < 1.29 is 9.53 Å². The van der Waals surface area contributed by atoms with Crippen LogP contribution in [0.25, 0.3) is 0 Å². The van der Waals surface area contributed by atoms with Crippen LogP contribution in [0.4, 0.5) is 5.82 Å². The summed E-state index contributed by atoms with van der Waals surface area (Å²) in [6.45, 7) is 4.63. The molecule has 3 rings (SSSR count). The Morgan fingerprint density at radius 2 is 2.12 bits per heavy atom. The molecule has 3 atom stereocenters. The Morgan fingerprint density at radius 3 is 2.77 bits per heavy atom. The monoisotopic (exact) mass is 361 g/mol. The van der Waals surface area contributed by atoms with E-state index in [1.165, 1.54) is 0 Å². The highest BCUT2D eigenvalue weighted by atomic mass is 16.5. The van der Waals surface area contributed by atoms with Crippen molar-refractivity contribution in [1.29, 1.82) is 0 Å². The third kappa shape index (κ3) is 4.92. The van der Waals surface area contributed by atoms with Gasteiger partial charge in [-0.25, -0.2) is 4.98 Å². The van der Waals surface area contributed by atoms with Crippen LogP contribution in [-0.2, 0) is 9.53 Å². The van der Waals surface area contributed by atoms with Gasteiger partial charge in [-0.15, -0.1) is 0 Å². The van der Waals surface area contributed by atoms with E-state index in [1.807, 2.05) is 0 Å². The molecule has 0 bridgehead atoms. The number of nitrogens with one attached hydrogen (secondary N) is 1. The number of anilines is 1. The molecular weight excluding hydrogens is 330 g/mol. The molecule has 1 aromatic heterocycles. The second-order valence-electron chi connectivity index (χ2n) is 7.42. The molecule has 1 aliphatic heterocycles. The molecule has 7 nitrogen and oxygen atoms in total. The Balaban J connectivity index is 1.42. The number of nitrogens with zero attached hydrogens (tertiary/aromatic N) is 3. The van der Waals surface area contributed by atoms with Gasteiger partial charge in [-0.2, -0.15) is 0 Å². The number of amides is 1. The number of hydrogen-bond acceptors (Lipinski definition) is 6. The fourth-order valence-electron chi connectivity index (χ4n) is 3.92. The molecule has 2 fully saturated rings. The summed E-state index contributed by atoms with van der Waals surface area (Å²) in [5.41, 5.74) is 6.24. The number of hydrogen-bond donors (Lipinski definition) is 2. The Bertz CT molecular complexity index is 562. The second kappa shape index (κ2) is 9.28. The average molecular weight is 361 g/mol. The first-order valence-electron chi connectivity index (χ1n) is 9.86. The van der Waals surface area contributed by atoms with E-state index < -0.39 is 0 Å². The van der Waals surface area contributed by atoms with E-state index in [9.17, 15) is 4.79 Å². The molecule has 1 aliphatic carbocycles. The van der Waals surface area contributed by atoms with Crippen molar-refractivity contribution in [2.24, 2.45) is 11.7 Å². The summed E-state index contributed by atoms with van der Waals surface area (Å²) in [4.78, 5) is 23.3. The molecule has 3 N–H and O–H groups in total. The topological polar surface area (TPSA) is 93.4 Å². The van der Waals surface area contributed by atoms with Crippen molar-refractivity contribution >= 4 is 11.7 Å². The summed E-state index contributed by atoms with van der Waals surface area (Å²) in [7, 11) is 0. The quantitative estimate of drug-likeness (QED) is 0.797. The number of rotatable bonds is 6. The highest BCUT2D eigenvalue weighted by Crippen LogP contribution is 2.26. The number of aromatic nitrogens is 2. The molecular formula is C19H31N5O2. The number of piperidine rings is 1. The lowest BCUT2D eigenvalue weighted by molar-refractivity contribution is -0.128. The minimum absolute atomic E-state index is 0.0181. The summed E-state index contributed by atoms with van der Waals surface area (Å²) in [6, 6.07) is 0.199. The first-order chi connectivity index (χ1) is 12.7. The SMILES string of the molecule is CCCO[C@@H]1CC[C@H](C(=O)NC2CCN(c3cnccn3)CC2)C[C@H]1N. The molecule has 0 radical (unpaired) electrons. The molecule has 1 amide bonds. The van der Waals surface area contributed by atoms with Crippen LogP contribution in [0.15, 0.2) is 18.6 Å². The fraction of sp³-hybridized carbons (Fsp3) is 0.737. The standard InChI is InChI=1S/C19H31N5O2/c1-2-11-26-17-4-3-14(12-16(17)20)19(25)23-15-5-9-24(10-6-15)18-13-21-7-8-22-18/h7-8,13-17H,2-6,9-12,20H2,1H3,(H,23,25)/t14-,16+,17+/m0/s1. The third-order valence-corrected chi connectivity index (χ3v) is 5.46. The van der Waals surface area contributed by atoms with Gasteiger partial charge in [-0.3, -0.25) is 9.78 Å². The van der Waals surface area contributed by atoms with Crippen LogP contribution in [0.2, 0.25) is 0 Å². The summed E-state index contributed by atoms with van der Waals surface area (Å²) in [6.07, 6.45) is 10.6. The lowest BCUT2D eigenvalue weighted by Crippen LogP contribution is -2.50. The Hall–Kier alpha value is -1.73. The number of carbonyl (C=O) groups is 1. The van der Waals surface area contributed by atoms with Crippen LogP contribution in [0.1, 0.15) is 45.4 Å². The molecule has 26 heavy (non-hydrogen) atoms. The van der Waals surface area contributed by atoms with Crippen LogP contribution in [0, 0.1) is 5.92 Å². The van der Waals surface area contributed by atoms with E-state index in [0.717, 1.165) is 64.0 Å². The molecule has 2 heterocycles. The van der Waals surface area contributed by atoms with Gasteiger partial charge in [0.25, 0.3) is 0 Å². The largest absolute Gasteiger partial charge is 0.377 e. The first-order valence-corrected chi connectivity index (χ1v) is 9.86. The molecule has 7 heteroatoms. The van der Waals surface area contributed by atoms with E-state index in [0.29, 0.717) is 0 Å². The molecule has 0 spiro atoms. The van der Waals surface area contributed by atoms with E-state index >= 15 is 0 Å². The van der Waals surface area contributed by atoms with Crippen molar-refractivity contribution in [3.05, 3.63) is 18.6 Å². The smallest absolute Gasteiger partial charge is 0.223 e. The van der Waals surface area contributed by atoms with Crippen LogP contribution in [0.5, 0.6) is 0 Å². The van der Waals surface area contributed by atoms with Crippen LogP contribution < -0.4 is 16.0 Å². The highest BCUT2D eigenvalue weighted by molar-refractivity contribution is 5.79. The first kappa shape index (κ1) is 19.0. The molecule has 0 aromatic carbocycles. The number of nitrogens with two attached hydrogens (primary N) is 1. The number of carbonyl (C=O) groups excluding carboxylic acids is 1. The summed E-state index contributed by atoms with van der Waals surface area (Å²) in [5.74, 6) is 1.09. The third-order valence-electron chi connectivity index (χ3n) is 5.46. The minimum atomic E-state index is -0.0375. The van der Waals surface area contributed by atoms with E-state index in [4.69, 9.17) is 10.5 Å². The van der Waals surface area contributed by atoms with Crippen molar-refractivity contribution in [3.8, 4) is 0 Å². The Kier molecular flexibility index (Phi) is 6.80. The van der Waals surface area contributed by atoms with Crippen molar-refractivity contribution in [1.82, 2.24) is 15.3 Å². The van der Waals surface area contributed by atoms with Gasteiger partial charge in [0.2, 0.25) is 5.91 Å². The molecule has 0 unspecified atom stereocenters. The van der Waals surface area contributed by atoms with Crippen LogP contribution in [0.3, 0.4) is 0 Å². The van der Waals surface area contributed by atoms with Gasteiger partial charge in [0, 0.05) is 50.1 Å². The molecule has 144 valence electrons. The fourth-order valence-corrected chi connectivity index (χ4v) is 3.92. The average Bonchev–Trinajstić information content (AvgIpc) is 2.68. The molecule has 2 aliphatic rings. The minimum Gasteiger partial charge on any atom is -0.377 e. The van der Waals surface area contributed by atoms with E-state index in [2.05, 4.69) is 27.1 Å². The highest BCUT2D eigenvalue weighted by Gasteiger charge is 2.33. The normalized spacial score (nSPS) is 27.3. The zero-order valence-electron chi connectivity index (χ0n) is 15.6. The van der Waals surface area contributed by atoms with Crippen LogP contribution in [-0.4, -0.2) is 53.8 Å². The maximum atomic E-state index is 12.6. The van der Waals surface area contributed by atoms with Crippen molar-refractivity contribution in [2.45, 2.75) is 63.6 Å². The maximum Gasteiger partial charge on any atom is 0.223 e. The van der Waals surface area contributed by atoms with Gasteiger partial charge < -0.3 is 20.7 Å². The van der Waals surface area contributed by atoms with Crippen molar-refractivity contribution in [2.75, 3.05) is 24.6 Å². The van der Waals surface area contributed by atoms with Gasteiger partial charge in [-0.1, -0.05) is 6.92 Å². The lowest BCUT2D eigenvalue weighted by Gasteiger charge is -2.36. The predicted octanol–water partition coefficient (Wildman–Crippen LogP) is 1.48. The number of ether oxygens (including phenoxy) is 1. The molecule has 1 aromatic rings. The van der Waals surface area contributed by atoms with Crippen molar-refractivity contribution in [3.63, 3.8) is 0 Å². The van der Waals surface area contributed by atoms with Gasteiger partial charge >= 0.3 is 0 Å². The van der Waals surface area contributed by atoms with Gasteiger partial charge in [0.1, 0.15) is 5.82 Å². The zero-order valence-corrected chi connectivity index (χ0v) is 15.6. The Morgan fingerprint density at radius 1 is 1.31 bits per heavy atom. The predicted molar refractivity (Wildman–Crippen MR) is 101 cm³/mol. The Labute approximate surface area is 155 Å². The van der Waals surface area contributed by atoms with Gasteiger partial charge in [0.15, 0.2) is 0 Å².